The van der Waals surface area contributed by atoms with E-state index in [4.69, 9.17) is 16.6 Å². The van der Waals surface area contributed by atoms with Crippen molar-refractivity contribution in [3.05, 3.63) is 83.1 Å². The molecule has 0 spiro atoms. The van der Waals surface area contributed by atoms with E-state index in [1.165, 1.54) is 0 Å². The fourth-order valence-corrected chi connectivity index (χ4v) is 3.92. The summed E-state index contributed by atoms with van der Waals surface area (Å²) in [5, 5.41) is 5.87. The van der Waals surface area contributed by atoms with Gasteiger partial charge in [0.15, 0.2) is 0 Å². The van der Waals surface area contributed by atoms with E-state index >= 15 is 0 Å². The summed E-state index contributed by atoms with van der Waals surface area (Å²) in [5.41, 5.74) is 3.90. The maximum Gasteiger partial charge on any atom is 0.135 e. The summed E-state index contributed by atoms with van der Waals surface area (Å²) in [5.74, 6) is 0.786. The predicted octanol–water partition coefficient (Wildman–Crippen LogP) is 4.82. The first kappa shape index (κ1) is 17.2. The summed E-state index contributed by atoms with van der Waals surface area (Å²) in [6.45, 7) is 0.736. The Labute approximate surface area is 167 Å². The third kappa shape index (κ3) is 3.02. The second kappa shape index (κ2) is 6.91. The van der Waals surface area contributed by atoms with Gasteiger partial charge in [-0.15, -0.1) is 0 Å². The largest absolute Gasteiger partial charge is 0.350 e. The van der Waals surface area contributed by atoms with Crippen molar-refractivity contribution in [2.75, 3.05) is 18.0 Å². The smallest absolute Gasteiger partial charge is 0.135 e. The van der Waals surface area contributed by atoms with Gasteiger partial charge < -0.3 is 4.90 Å². The van der Waals surface area contributed by atoms with Gasteiger partial charge in [0.25, 0.3) is 0 Å². The normalized spacial score (nSPS) is 14.4. The van der Waals surface area contributed by atoms with Crippen LogP contribution < -0.4 is 4.90 Å². The van der Waals surface area contributed by atoms with E-state index in [0.717, 1.165) is 33.5 Å². The second-order valence-electron chi connectivity index (χ2n) is 7.04. The molecule has 1 aliphatic rings. The number of benzene rings is 2. The number of pyridine rings is 1. The molecule has 0 unspecified atom stereocenters. The minimum Gasteiger partial charge on any atom is -0.350 e. The van der Waals surface area contributed by atoms with Crippen molar-refractivity contribution >= 4 is 28.3 Å². The molecule has 2 aromatic carbocycles. The molecule has 0 bridgehead atoms. The molecule has 4 nitrogen and oxygen atoms in total. The lowest BCUT2D eigenvalue weighted by Gasteiger charge is -2.37. The Balaban J connectivity index is 1.54. The molecule has 0 N–H and O–H groups in total. The van der Waals surface area contributed by atoms with Gasteiger partial charge >= 0.3 is 0 Å². The van der Waals surface area contributed by atoms with Crippen LogP contribution in [0, 0.1) is 0 Å². The van der Waals surface area contributed by atoms with Crippen molar-refractivity contribution in [1.82, 2.24) is 14.8 Å². The van der Waals surface area contributed by atoms with Crippen molar-refractivity contribution in [1.29, 1.82) is 0 Å². The number of hydrogen-bond donors (Lipinski definition) is 0. The molecule has 3 heterocycles. The number of anilines is 1. The summed E-state index contributed by atoms with van der Waals surface area (Å²) >= 11 is 6.80. The Morgan fingerprint density at radius 1 is 1.04 bits per heavy atom. The summed E-state index contributed by atoms with van der Waals surface area (Å²) in [7, 11) is 0. The minimum absolute atomic E-state index is 0.368. The first-order valence-corrected chi connectivity index (χ1v) is 9.62. The van der Waals surface area contributed by atoms with Gasteiger partial charge in [0.1, 0.15) is 12.0 Å². The zero-order valence-corrected chi connectivity index (χ0v) is 15.9. The lowest BCUT2D eigenvalue weighted by atomic mass is 10.0. The van der Waals surface area contributed by atoms with E-state index in [9.17, 15) is 4.39 Å². The highest BCUT2D eigenvalue weighted by Gasteiger charge is 2.30. The van der Waals surface area contributed by atoms with Crippen LogP contribution in [0.1, 0.15) is 11.1 Å². The molecular formula is C22H18ClFN4. The van der Waals surface area contributed by atoms with Gasteiger partial charge in [0.2, 0.25) is 0 Å². The molecule has 28 heavy (non-hydrogen) atoms. The number of rotatable bonds is 4. The number of para-hydroxylation sites is 1. The number of aromatic nitrogens is 3. The van der Waals surface area contributed by atoms with Crippen LogP contribution in [0.4, 0.5) is 10.2 Å². The standard InChI is InChI=1S/C22H18ClFN4/c23-21-18-4-1-2-5-20(18)26-22(27-13-16(24)14-27)19(21)12-15-6-8-17(9-7-15)28-11-3-10-25-28/h1-11,16H,12-14H2. The number of halogens is 2. The maximum atomic E-state index is 13.5. The Kier molecular flexibility index (Phi) is 4.24. The first-order chi connectivity index (χ1) is 13.7. The highest BCUT2D eigenvalue weighted by atomic mass is 35.5. The van der Waals surface area contributed by atoms with Crippen LogP contribution in [0.25, 0.3) is 16.6 Å². The Morgan fingerprint density at radius 3 is 2.54 bits per heavy atom. The molecule has 0 radical (unpaired) electrons. The van der Waals surface area contributed by atoms with Crippen LogP contribution in [0.15, 0.2) is 67.0 Å². The molecule has 0 aliphatic carbocycles. The third-order valence-corrected chi connectivity index (χ3v) is 5.56. The van der Waals surface area contributed by atoms with Crippen molar-refractivity contribution in [2.24, 2.45) is 0 Å². The number of nitrogens with zero attached hydrogens (tertiary/aromatic N) is 4. The lowest BCUT2D eigenvalue weighted by molar-refractivity contribution is 0.273. The molecule has 6 heteroatoms. The van der Waals surface area contributed by atoms with Gasteiger partial charge in [-0.3, -0.25) is 0 Å². The van der Waals surface area contributed by atoms with E-state index in [2.05, 4.69) is 17.2 Å². The molecule has 0 saturated carbocycles. The summed E-state index contributed by atoms with van der Waals surface area (Å²) in [4.78, 5) is 6.78. The first-order valence-electron chi connectivity index (χ1n) is 9.24. The second-order valence-corrected chi connectivity index (χ2v) is 7.42. The van der Waals surface area contributed by atoms with Gasteiger partial charge in [-0.25, -0.2) is 14.1 Å². The molecule has 1 aliphatic heterocycles. The van der Waals surface area contributed by atoms with Crippen molar-refractivity contribution in [3.8, 4) is 5.69 Å². The van der Waals surface area contributed by atoms with E-state index in [0.29, 0.717) is 24.5 Å². The summed E-state index contributed by atoms with van der Waals surface area (Å²) in [6.07, 6.45) is 3.51. The number of hydrogen-bond acceptors (Lipinski definition) is 3. The van der Waals surface area contributed by atoms with Crippen LogP contribution in [0.5, 0.6) is 0 Å². The molecule has 1 saturated heterocycles. The van der Waals surface area contributed by atoms with Crippen molar-refractivity contribution in [3.63, 3.8) is 0 Å². The number of alkyl halides is 1. The van der Waals surface area contributed by atoms with Crippen LogP contribution in [0.3, 0.4) is 0 Å². The van der Waals surface area contributed by atoms with Gasteiger partial charge in [-0.1, -0.05) is 41.9 Å². The fraction of sp³-hybridized carbons (Fsp3) is 0.182. The van der Waals surface area contributed by atoms with E-state index in [-0.39, 0.29) is 0 Å². The van der Waals surface area contributed by atoms with Gasteiger partial charge in [0, 0.05) is 29.8 Å². The minimum atomic E-state index is -0.798. The molecular weight excluding hydrogens is 375 g/mol. The average Bonchev–Trinajstić information content (AvgIpc) is 3.23. The molecule has 5 rings (SSSR count). The SMILES string of the molecule is FC1CN(c2nc3ccccc3c(Cl)c2Cc2ccc(-n3cccn3)cc2)C1. The zero-order valence-electron chi connectivity index (χ0n) is 15.1. The zero-order chi connectivity index (χ0) is 19.1. The van der Waals surface area contributed by atoms with Crippen molar-refractivity contribution in [2.45, 2.75) is 12.6 Å². The topological polar surface area (TPSA) is 34.0 Å². The third-order valence-electron chi connectivity index (χ3n) is 5.12. The van der Waals surface area contributed by atoms with E-state index < -0.39 is 6.17 Å². The quantitative estimate of drug-likeness (QED) is 0.499. The van der Waals surface area contributed by atoms with Crippen LogP contribution in [-0.4, -0.2) is 34.0 Å². The van der Waals surface area contributed by atoms with Crippen LogP contribution in [0.2, 0.25) is 5.02 Å². The molecule has 4 aromatic rings. The molecule has 140 valence electrons. The molecule has 2 aromatic heterocycles. The maximum absolute atomic E-state index is 13.5. The number of fused-ring (bicyclic) bond motifs is 1. The van der Waals surface area contributed by atoms with Crippen LogP contribution in [-0.2, 0) is 6.42 Å². The highest BCUT2D eigenvalue weighted by molar-refractivity contribution is 6.36. The van der Waals surface area contributed by atoms with Gasteiger partial charge in [0.05, 0.1) is 29.3 Å². The van der Waals surface area contributed by atoms with Crippen LogP contribution >= 0.6 is 11.6 Å². The van der Waals surface area contributed by atoms with Gasteiger partial charge in [-0.05, 0) is 29.8 Å². The van der Waals surface area contributed by atoms with E-state index in [1.54, 1.807) is 6.20 Å². The van der Waals surface area contributed by atoms with E-state index in [1.807, 2.05) is 58.2 Å². The Bertz CT molecular complexity index is 1120. The van der Waals surface area contributed by atoms with Gasteiger partial charge in [-0.2, -0.15) is 5.10 Å². The fourth-order valence-electron chi connectivity index (χ4n) is 3.61. The highest BCUT2D eigenvalue weighted by Crippen LogP contribution is 2.36. The molecule has 1 fully saturated rings. The van der Waals surface area contributed by atoms with Crippen molar-refractivity contribution < 1.29 is 4.39 Å². The summed E-state index contributed by atoms with van der Waals surface area (Å²) < 4.78 is 15.3. The predicted molar refractivity (Wildman–Crippen MR) is 110 cm³/mol. The Hall–Kier alpha value is -2.92. The Morgan fingerprint density at radius 2 is 1.82 bits per heavy atom. The molecule has 0 atom stereocenters. The lowest BCUT2D eigenvalue weighted by Crippen LogP contribution is -2.49. The molecule has 0 amide bonds. The monoisotopic (exact) mass is 392 g/mol. The summed E-state index contributed by atoms with van der Waals surface area (Å²) in [6, 6.07) is 17.9. The average molecular weight is 393 g/mol.